The number of hydrogen-bond acceptors (Lipinski definition) is 7. The molecule has 0 saturated carbocycles. The largest absolute Gasteiger partial charge is 0.358 e. The first-order chi connectivity index (χ1) is 11.5. The summed E-state index contributed by atoms with van der Waals surface area (Å²) in [7, 11) is 0. The molecule has 1 aromatic carbocycles. The van der Waals surface area contributed by atoms with Gasteiger partial charge in [-0.1, -0.05) is 0 Å². The van der Waals surface area contributed by atoms with Gasteiger partial charge in [0.05, 0.1) is 5.69 Å². The lowest BCUT2D eigenvalue weighted by Crippen LogP contribution is -2.20. The van der Waals surface area contributed by atoms with Crippen LogP contribution in [0, 0.1) is 17.0 Å². The van der Waals surface area contributed by atoms with Crippen LogP contribution in [0.15, 0.2) is 36.8 Å². The Morgan fingerprint density at radius 3 is 2.71 bits per heavy atom. The van der Waals surface area contributed by atoms with E-state index in [0.717, 1.165) is 11.9 Å². The zero-order valence-electron chi connectivity index (χ0n) is 12.5. The number of carbonyl (C=O) groups excluding carboxylic acids is 1. The third kappa shape index (κ3) is 3.09. The third-order valence-corrected chi connectivity index (χ3v) is 3.29. The molecule has 0 unspecified atom stereocenters. The van der Waals surface area contributed by atoms with Crippen LogP contribution in [-0.2, 0) is 11.3 Å². The number of hydrogen-bond donors (Lipinski definition) is 1. The fourth-order valence-corrected chi connectivity index (χ4v) is 2.12. The average Bonchev–Trinajstić information content (AvgIpc) is 3.19. The molecule has 3 rings (SSSR count). The van der Waals surface area contributed by atoms with Crippen molar-refractivity contribution >= 4 is 17.4 Å². The molecule has 11 nitrogen and oxygen atoms in total. The van der Waals surface area contributed by atoms with Crippen LogP contribution in [-0.4, -0.2) is 40.6 Å². The molecule has 0 atom stereocenters. The van der Waals surface area contributed by atoms with Crippen molar-refractivity contribution < 1.29 is 9.72 Å². The van der Waals surface area contributed by atoms with Crippen LogP contribution < -0.4 is 5.32 Å². The summed E-state index contributed by atoms with van der Waals surface area (Å²) in [5.41, 5.74) is 1.29. The summed E-state index contributed by atoms with van der Waals surface area (Å²) in [6.07, 6.45) is 2.58. The van der Waals surface area contributed by atoms with Crippen molar-refractivity contribution in [2.24, 2.45) is 0 Å². The minimum atomic E-state index is -0.575. The van der Waals surface area contributed by atoms with Crippen LogP contribution in [0.3, 0.4) is 0 Å². The van der Waals surface area contributed by atoms with Crippen LogP contribution in [0.4, 0.5) is 11.5 Å². The number of rotatable bonds is 5. The number of aromatic nitrogens is 6. The van der Waals surface area contributed by atoms with Crippen LogP contribution in [0.2, 0.25) is 0 Å². The Labute approximate surface area is 135 Å². The van der Waals surface area contributed by atoms with Gasteiger partial charge in [-0.3, -0.25) is 4.79 Å². The number of anilines is 1. The molecule has 0 saturated heterocycles. The Balaban J connectivity index is 1.69. The van der Waals surface area contributed by atoms with E-state index in [4.69, 9.17) is 0 Å². The molecule has 0 bridgehead atoms. The van der Waals surface area contributed by atoms with Gasteiger partial charge in [-0.15, -0.1) is 5.10 Å². The number of amides is 1. The maximum atomic E-state index is 12.1. The Morgan fingerprint density at radius 1 is 1.33 bits per heavy atom. The van der Waals surface area contributed by atoms with Crippen molar-refractivity contribution in [1.29, 1.82) is 0 Å². The number of benzene rings is 1. The van der Waals surface area contributed by atoms with E-state index in [1.165, 1.54) is 15.6 Å². The van der Waals surface area contributed by atoms with Crippen molar-refractivity contribution in [3.63, 3.8) is 0 Å². The van der Waals surface area contributed by atoms with E-state index >= 15 is 0 Å². The molecule has 0 aliphatic rings. The first-order valence-corrected chi connectivity index (χ1v) is 6.84. The van der Waals surface area contributed by atoms with Crippen molar-refractivity contribution in [2.45, 2.75) is 13.5 Å². The van der Waals surface area contributed by atoms with Gasteiger partial charge in [-0.2, -0.15) is 0 Å². The second-order valence-corrected chi connectivity index (χ2v) is 4.86. The van der Waals surface area contributed by atoms with E-state index in [1.54, 1.807) is 31.2 Å². The Kier molecular flexibility index (Phi) is 3.97. The number of imidazole rings is 1. The van der Waals surface area contributed by atoms with E-state index in [2.05, 4.69) is 25.8 Å². The molecule has 11 heteroatoms. The van der Waals surface area contributed by atoms with Crippen molar-refractivity contribution in [3.05, 3.63) is 52.7 Å². The summed E-state index contributed by atoms with van der Waals surface area (Å²) in [5.74, 6) is -0.225. The number of nitrogens with one attached hydrogen (secondary N) is 1. The SMILES string of the molecule is Cc1ncc([N+](=O)[O-])n1CC(=O)Nc1ccc(-n2cnnn2)cc1. The Bertz CT molecular complexity index is 869. The first-order valence-electron chi connectivity index (χ1n) is 6.84. The monoisotopic (exact) mass is 328 g/mol. The Hall–Kier alpha value is -3.63. The van der Waals surface area contributed by atoms with E-state index in [9.17, 15) is 14.9 Å². The van der Waals surface area contributed by atoms with Crippen LogP contribution >= 0.6 is 0 Å². The lowest BCUT2D eigenvalue weighted by atomic mass is 10.3. The summed E-state index contributed by atoms with van der Waals surface area (Å²) >= 11 is 0. The van der Waals surface area contributed by atoms with E-state index in [1.807, 2.05) is 0 Å². The summed E-state index contributed by atoms with van der Waals surface area (Å²) in [4.78, 5) is 26.3. The lowest BCUT2D eigenvalue weighted by Gasteiger charge is -2.06. The molecule has 1 N–H and O–H groups in total. The Morgan fingerprint density at radius 2 is 2.08 bits per heavy atom. The molecule has 2 aromatic heterocycles. The van der Waals surface area contributed by atoms with Crippen molar-refractivity contribution in [2.75, 3.05) is 5.32 Å². The fraction of sp³-hybridized carbons (Fsp3) is 0.154. The fourth-order valence-electron chi connectivity index (χ4n) is 2.12. The molecular weight excluding hydrogens is 316 g/mol. The van der Waals surface area contributed by atoms with Gasteiger partial charge in [-0.05, 0) is 39.6 Å². The molecule has 0 aliphatic carbocycles. The highest BCUT2D eigenvalue weighted by Gasteiger charge is 2.20. The maximum Gasteiger partial charge on any atom is 0.343 e. The van der Waals surface area contributed by atoms with Crippen LogP contribution in [0.5, 0.6) is 0 Å². The zero-order chi connectivity index (χ0) is 17.1. The summed E-state index contributed by atoms with van der Waals surface area (Å²) in [6, 6.07) is 6.84. The van der Waals surface area contributed by atoms with Gasteiger partial charge in [0.25, 0.3) is 5.91 Å². The molecule has 1 amide bonds. The van der Waals surface area contributed by atoms with Gasteiger partial charge in [0, 0.05) is 12.6 Å². The maximum absolute atomic E-state index is 12.1. The molecule has 0 fully saturated rings. The van der Waals surface area contributed by atoms with Crippen molar-refractivity contribution in [3.8, 4) is 5.69 Å². The minimum absolute atomic E-state index is 0.198. The molecule has 24 heavy (non-hydrogen) atoms. The second kappa shape index (κ2) is 6.24. The topological polar surface area (TPSA) is 134 Å². The molecule has 2 heterocycles. The molecule has 0 radical (unpaired) electrons. The smallest absolute Gasteiger partial charge is 0.343 e. The minimum Gasteiger partial charge on any atom is -0.358 e. The number of tetrazole rings is 1. The van der Waals surface area contributed by atoms with E-state index < -0.39 is 10.8 Å². The zero-order valence-corrected chi connectivity index (χ0v) is 12.5. The predicted molar refractivity (Wildman–Crippen MR) is 81.4 cm³/mol. The van der Waals surface area contributed by atoms with E-state index in [0.29, 0.717) is 11.5 Å². The van der Waals surface area contributed by atoms with Gasteiger partial charge in [0.1, 0.15) is 12.5 Å². The molecule has 3 aromatic rings. The van der Waals surface area contributed by atoms with Crippen LogP contribution in [0.1, 0.15) is 5.82 Å². The highest BCUT2D eigenvalue weighted by molar-refractivity contribution is 5.90. The number of nitrogens with zero attached hydrogens (tertiary/aromatic N) is 7. The van der Waals surface area contributed by atoms with Gasteiger partial charge < -0.3 is 15.4 Å². The quantitative estimate of drug-likeness (QED) is 0.538. The van der Waals surface area contributed by atoms with Gasteiger partial charge >= 0.3 is 5.82 Å². The molecule has 122 valence electrons. The summed E-state index contributed by atoms with van der Waals surface area (Å²) < 4.78 is 2.72. The summed E-state index contributed by atoms with van der Waals surface area (Å²) in [6.45, 7) is 1.40. The molecule has 0 spiro atoms. The van der Waals surface area contributed by atoms with Crippen LogP contribution in [0.25, 0.3) is 5.69 Å². The predicted octanol–water partition coefficient (Wildman–Crippen LogP) is 0.714. The second-order valence-electron chi connectivity index (χ2n) is 4.86. The lowest BCUT2D eigenvalue weighted by molar-refractivity contribution is -0.392. The average molecular weight is 328 g/mol. The van der Waals surface area contributed by atoms with Gasteiger partial charge in [0.15, 0.2) is 12.4 Å². The normalized spacial score (nSPS) is 10.5. The highest BCUT2D eigenvalue weighted by atomic mass is 16.6. The van der Waals surface area contributed by atoms with Gasteiger partial charge in [-0.25, -0.2) is 14.2 Å². The van der Waals surface area contributed by atoms with E-state index in [-0.39, 0.29) is 12.4 Å². The summed E-state index contributed by atoms with van der Waals surface area (Å²) in [5, 5.41) is 24.4. The molecular formula is C13H12N8O3. The van der Waals surface area contributed by atoms with Gasteiger partial charge in [0.2, 0.25) is 0 Å². The number of carbonyl (C=O) groups is 1. The van der Waals surface area contributed by atoms with Crippen molar-refractivity contribution in [1.82, 2.24) is 29.8 Å². The number of aryl methyl sites for hydroxylation is 1. The third-order valence-electron chi connectivity index (χ3n) is 3.29. The first kappa shape index (κ1) is 15.3. The molecule has 0 aliphatic heterocycles. The highest BCUT2D eigenvalue weighted by Crippen LogP contribution is 2.15. The standard InChI is InChI=1S/C13H12N8O3/c1-9-14-6-13(21(23)24)19(9)7-12(22)16-10-2-4-11(5-3-10)20-8-15-17-18-20/h2-6,8H,7H2,1H3,(H,16,22). The number of nitro groups is 1.